The first-order valence-corrected chi connectivity index (χ1v) is 5.45. The van der Waals surface area contributed by atoms with Gasteiger partial charge in [-0.25, -0.2) is 0 Å². The SMILES string of the molecule is CCC1CNc2cc(OC)c(OC)cc2O1. The van der Waals surface area contributed by atoms with Gasteiger partial charge in [0, 0.05) is 12.1 Å². The topological polar surface area (TPSA) is 39.7 Å². The fourth-order valence-corrected chi connectivity index (χ4v) is 1.77. The molecule has 1 aliphatic heterocycles. The molecule has 88 valence electrons. The van der Waals surface area contributed by atoms with Gasteiger partial charge in [0.15, 0.2) is 11.5 Å². The van der Waals surface area contributed by atoms with Crippen molar-refractivity contribution in [3.63, 3.8) is 0 Å². The lowest BCUT2D eigenvalue weighted by Crippen LogP contribution is -2.29. The summed E-state index contributed by atoms with van der Waals surface area (Å²) in [6, 6.07) is 3.77. The van der Waals surface area contributed by atoms with Gasteiger partial charge in [-0.3, -0.25) is 0 Å². The molecule has 1 unspecified atom stereocenters. The molecule has 0 fully saturated rings. The van der Waals surface area contributed by atoms with Crippen LogP contribution in [0.25, 0.3) is 0 Å². The van der Waals surface area contributed by atoms with Gasteiger partial charge >= 0.3 is 0 Å². The summed E-state index contributed by atoms with van der Waals surface area (Å²) in [7, 11) is 3.25. The standard InChI is InChI=1S/C12H17NO3/c1-4-8-7-13-9-5-11(14-2)12(15-3)6-10(9)16-8/h5-6,8,13H,4,7H2,1-3H3. The van der Waals surface area contributed by atoms with E-state index in [2.05, 4.69) is 12.2 Å². The van der Waals surface area contributed by atoms with E-state index in [0.29, 0.717) is 11.5 Å². The zero-order valence-corrected chi connectivity index (χ0v) is 9.87. The van der Waals surface area contributed by atoms with Gasteiger partial charge in [-0.2, -0.15) is 0 Å². The molecule has 4 nitrogen and oxygen atoms in total. The number of rotatable bonds is 3. The van der Waals surface area contributed by atoms with Crippen molar-refractivity contribution >= 4 is 5.69 Å². The molecule has 0 radical (unpaired) electrons. The Labute approximate surface area is 95.5 Å². The molecule has 0 spiro atoms. The third kappa shape index (κ3) is 1.87. The largest absolute Gasteiger partial charge is 0.493 e. The highest BCUT2D eigenvalue weighted by Crippen LogP contribution is 2.40. The number of fused-ring (bicyclic) bond motifs is 1. The van der Waals surface area contributed by atoms with Gasteiger partial charge in [0.1, 0.15) is 11.9 Å². The average Bonchev–Trinajstić information content (AvgIpc) is 2.36. The van der Waals surface area contributed by atoms with Gasteiger partial charge in [-0.1, -0.05) is 6.92 Å². The molecule has 1 aromatic carbocycles. The van der Waals surface area contributed by atoms with Gasteiger partial charge in [0.2, 0.25) is 0 Å². The Morgan fingerprint density at radius 3 is 2.62 bits per heavy atom. The molecule has 16 heavy (non-hydrogen) atoms. The van der Waals surface area contributed by atoms with Gasteiger partial charge in [-0.05, 0) is 6.42 Å². The molecule has 0 saturated heterocycles. The molecular formula is C12H17NO3. The number of methoxy groups -OCH3 is 2. The molecule has 2 rings (SSSR count). The summed E-state index contributed by atoms with van der Waals surface area (Å²) in [5.41, 5.74) is 0.961. The fourth-order valence-electron chi connectivity index (χ4n) is 1.77. The average molecular weight is 223 g/mol. The smallest absolute Gasteiger partial charge is 0.164 e. The van der Waals surface area contributed by atoms with Gasteiger partial charge < -0.3 is 19.5 Å². The van der Waals surface area contributed by atoms with Crippen LogP contribution in [-0.4, -0.2) is 26.9 Å². The monoisotopic (exact) mass is 223 g/mol. The van der Waals surface area contributed by atoms with E-state index in [1.807, 2.05) is 12.1 Å². The molecule has 0 aliphatic carbocycles. The number of nitrogens with one attached hydrogen (secondary N) is 1. The van der Waals surface area contributed by atoms with Crippen molar-refractivity contribution in [2.45, 2.75) is 19.4 Å². The lowest BCUT2D eigenvalue weighted by atomic mass is 10.2. The van der Waals surface area contributed by atoms with Gasteiger partial charge in [0.05, 0.1) is 26.5 Å². The summed E-state index contributed by atoms with van der Waals surface area (Å²) in [4.78, 5) is 0. The van der Waals surface area contributed by atoms with E-state index in [1.165, 1.54) is 0 Å². The lowest BCUT2D eigenvalue weighted by molar-refractivity contribution is 0.200. The van der Waals surface area contributed by atoms with E-state index in [0.717, 1.165) is 24.4 Å². The van der Waals surface area contributed by atoms with Gasteiger partial charge in [0.25, 0.3) is 0 Å². The van der Waals surface area contributed by atoms with E-state index in [1.54, 1.807) is 14.2 Å². The van der Waals surface area contributed by atoms with E-state index in [9.17, 15) is 0 Å². The van der Waals surface area contributed by atoms with Crippen LogP contribution in [0.3, 0.4) is 0 Å². The lowest BCUT2D eigenvalue weighted by Gasteiger charge is -2.27. The number of benzene rings is 1. The molecule has 4 heteroatoms. The fraction of sp³-hybridized carbons (Fsp3) is 0.500. The van der Waals surface area contributed by atoms with Crippen molar-refractivity contribution in [3.8, 4) is 17.2 Å². The molecule has 1 aliphatic rings. The molecular weight excluding hydrogens is 206 g/mol. The maximum Gasteiger partial charge on any atom is 0.164 e. The highest BCUT2D eigenvalue weighted by molar-refractivity contribution is 5.65. The van der Waals surface area contributed by atoms with Crippen molar-refractivity contribution in [3.05, 3.63) is 12.1 Å². The van der Waals surface area contributed by atoms with E-state index in [-0.39, 0.29) is 6.10 Å². The summed E-state index contributed by atoms with van der Waals surface area (Å²) in [5, 5.41) is 3.33. The van der Waals surface area contributed by atoms with E-state index < -0.39 is 0 Å². The van der Waals surface area contributed by atoms with Crippen LogP contribution in [0.1, 0.15) is 13.3 Å². The summed E-state index contributed by atoms with van der Waals surface area (Å²) < 4.78 is 16.3. The second-order valence-corrected chi connectivity index (χ2v) is 3.73. The number of ether oxygens (including phenoxy) is 3. The Hall–Kier alpha value is -1.58. The molecule has 0 aromatic heterocycles. The van der Waals surface area contributed by atoms with Crippen molar-refractivity contribution in [2.75, 3.05) is 26.1 Å². The quantitative estimate of drug-likeness (QED) is 0.853. The first-order chi connectivity index (χ1) is 7.78. The zero-order chi connectivity index (χ0) is 11.5. The number of hydrogen-bond donors (Lipinski definition) is 1. The normalized spacial score (nSPS) is 18.1. The van der Waals surface area contributed by atoms with Crippen LogP contribution in [0, 0.1) is 0 Å². The molecule has 1 aromatic rings. The minimum Gasteiger partial charge on any atom is -0.493 e. The molecule has 1 N–H and O–H groups in total. The Kier molecular flexibility index (Phi) is 3.08. The summed E-state index contributed by atoms with van der Waals surface area (Å²) in [6.07, 6.45) is 1.21. The van der Waals surface area contributed by atoms with Crippen LogP contribution in [0.5, 0.6) is 17.2 Å². The summed E-state index contributed by atoms with van der Waals surface area (Å²) in [5.74, 6) is 2.24. The maximum atomic E-state index is 5.83. The first kappa shape index (κ1) is 10.9. The van der Waals surface area contributed by atoms with Crippen LogP contribution in [-0.2, 0) is 0 Å². The Balaban J connectivity index is 2.34. The maximum absolute atomic E-state index is 5.83. The summed E-state index contributed by atoms with van der Waals surface area (Å²) in [6.45, 7) is 2.94. The predicted molar refractivity (Wildman–Crippen MR) is 62.7 cm³/mol. The minimum atomic E-state index is 0.227. The highest BCUT2D eigenvalue weighted by Gasteiger charge is 2.20. The third-order valence-electron chi connectivity index (χ3n) is 2.75. The Bertz CT molecular complexity index is 379. The molecule has 0 amide bonds. The van der Waals surface area contributed by atoms with Crippen LogP contribution in [0.4, 0.5) is 5.69 Å². The number of hydrogen-bond acceptors (Lipinski definition) is 4. The molecule has 1 heterocycles. The van der Waals surface area contributed by atoms with E-state index in [4.69, 9.17) is 14.2 Å². The molecule has 0 saturated carbocycles. The third-order valence-corrected chi connectivity index (χ3v) is 2.75. The van der Waals surface area contributed by atoms with E-state index >= 15 is 0 Å². The van der Waals surface area contributed by atoms with Crippen LogP contribution < -0.4 is 19.5 Å². The Morgan fingerprint density at radius 2 is 2.00 bits per heavy atom. The predicted octanol–water partition coefficient (Wildman–Crippen LogP) is 2.29. The van der Waals surface area contributed by atoms with Crippen molar-refractivity contribution in [2.24, 2.45) is 0 Å². The van der Waals surface area contributed by atoms with Crippen molar-refractivity contribution < 1.29 is 14.2 Å². The highest BCUT2D eigenvalue weighted by atomic mass is 16.5. The van der Waals surface area contributed by atoms with Crippen LogP contribution in [0.15, 0.2) is 12.1 Å². The second kappa shape index (κ2) is 4.51. The Morgan fingerprint density at radius 1 is 1.31 bits per heavy atom. The van der Waals surface area contributed by atoms with Crippen molar-refractivity contribution in [1.29, 1.82) is 0 Å². The minimum absolute atomic E-state index is 0.227. The van der Waals surface area contributed by atoms with Crippen molar-refractivity contribution in [1.82, 2.24) is 0 Å². The van der Waals surface area contributed by atoms with Gasteiger partial charge in [-0.15, -0.1) is 0 Å². The zero-order valence-electron chi connectivity index (χ0n) is 9.87. The second-order valence-electron chi connectivity index (χ2n) is 3.73. The van der Waals surface area contributed by atoms with Crippen LogP contribution in [0.2, 0.25) is 0 Å². The first-order valence-electron chi connectivity index (χ1n) is 5.45. The van der Waals surface area contributed by atoms with Crippen LogP contribution >= 0.6 is 0 Å². The number of anilines is 1. The molecule has 1 atom stereocenters. The molecule has 0 bridgehead atoms. The summed E-state index contributed by atoms with van der Waals surface area (Å²) >= 11 is 0.